The highest BCUT2D eigenvalue weighted by molar-refractivity contribution is 6.41. The Hall–Kier alpha value is -1.72. The SMILES string of the molecule is Clc1cnc2nc(-c3cccnc3)nn2c1Cl. The molecule has 0 aliphatic rings. The maximum Gasteiger partial charge on any atom is 0.254 e. The second kappa shape index (κ2) is 3.94. The summed E-state index contributed by atoms with van der Waals surface area (Å²) in [4.78, 5) is 12.3. The van der Waals surface area contributed by atoms with Crippen LogP contribution in [0.3, 0.4) is 0 Å². The van der Waals surface area contributed by atoms with Gasteiger partial charge in [-0.1, -0.05) is 23.2 Å². The predicted octanol–water partition coefficient (Wildman–Crippen LogP) is 2.49. The lowest BCUT2D eigenvalue weighted by molar-refractivity contribution is 0.943. The third-order valence-electron chi connectivity index (χ3n) is 2.19. The topological polar surface area (TPSA) is 56.0 Å². The van der Waals surface area contributed by atoms with E-state index in [0.29, 0.717) is 21.8 Å². The summed E-state index contributed by atoms with van der Waals surface area (Å²) in [6, 6.07) is 3.67. The van der Waals surface area contributed by atoms with Gasteiger partial charge in [0.2, 0.25) is 0 Å². The van der Waals surface area contributed by atoms with Crippen LogP contribution >= 0.6 is 23.2 Å². The average Bonchev–Trinajstić information content (AvgIpc) is 2.80. The molecule has 0 saturated carbocycles. The van der Waals surface area contributed by atoms with Gasteiger partial charge in [0.25, 0.3) is 5.78 Å². The minimum atomic E-state index is 0.291. The minimum Gasteiger partial charge on any atom is -0.264 e. The van der Waals surface area contributed by atoms with Gasteiger partial charge in [0.15, 0.2) is 11.0 Å². The smallest absolute Gasteiger partial charge is 0.254 e. The number of halogens is 2. The molecule has 3 rings (SSSR count). The molecule has 0 unspecified atom stereocenters. The summed E-state index contributed by atoms with van der Waals surface area (Å²) in [5.74, 6) is 0.910. The molecule has 0 atom stereocenters. The Morgan fingerprint density at radius 3 is 2.82 bits per heavy atom. The normalized spacial score (nSPS) is 10.9. The monoisotopic (exact) mass is 265 g/mol. The molecule has 0 bridgehead atoms. The van der Waals surface area contributed by atoms with Crippen LogP contribution in [-0.2, 0) is 0 Å². The highest BCUT2D eigenvalue weighted by Crippen LogP contribution is 2.22. The molecule has 0 N–H and O–H groups in total. The van der Waals surface area contributed by atoms with Crippen LogP contribution in [0.2, 0.25) is 10.2 Å². The fourth-order valence-corrected chi connectivity index (χ4v) is 1.70. The van der Waals surface area contributed by atoms with Gasteiger partial charge in [0, 0.05) is 18.0 Å². The van der Waals surface area contributed by atoms with Gasteiger partial charge in [-0.3, -0.25) is 4.98 Å². The van der Waals surface area contributed by atoms with Crippen molar-refractivity contribution in [1.82, 2.24) is 24.6 Å². The van der Waals surface area contributed by atoms with Gasteiger partial charge in [0.05, 0.1) is 11.2 Å². The van der Waals surface area contributed by atoms with Crippen molar-refractivity contribution in [3.05, 3.63) is 40.9 Å². The second-order valence-electron chi connectivity index (χ2n) is 3.29. The largest absolute Gasteiger partial charge is 0.264 e. The predicted molar refractivity (Wildman–Crippen MR) is 64.0 cm³/mol. The lowest BCUT2D eigenvalue weighted by atomic mass is 10.3. The Morgan fingerprint density at radius 1 is 1.18 bits per heavy atom. The fourth-order valence-electron chi connectivity index (χ4n) is 1.41. The lowest BCUT2D eigenvalue weighted by Gasteiger charge is -1.95. The summed E-state index contributed by atoms with van der Waals surface area (Å²) in [6.07, 6.45) is 4.80. The van der Waals surface area contributed by atoms with Gasteiger partial charge >= 0.3 is 0 Å². The van der Waals surface area contributed by atoms with E-state index in [1.807, 2.05) is 12.1 Å². The van der Waals surface area contributed by atoms with Crippen molar-refractivity contribution < 1.29 is 0 Å². The van der Waals surface area contributed by atoms with Crippen LogP contribution in [0.5, 0.6) is 0 Å². The number of fused-ring (bicyclic) bond motifs is 1. The summed E-state index contributed by atoms with van der Waals surface area (Å²) >= 11 is 11.8. The molecule has 0 spiro atoms. The first-order chi connectivity index (χ1) is 8.25. The van der Waals surface area contributed by atoms with Gasteiger partial charge in [-0.15, -0.1) is 5.10 Å². The number of hydrogen-bond donors (Lipinski definition) is 0. The van der Waals surface area contributed by atoms with E-state index in [2.05, 4.69) is 20.1 Å². The number of pyridine rings is 1. The Balaban J connectivity index is 2.24. The van der Waals surface area contributed by atoms with E-state index >= 15 is 0 Å². The third kappa shape index (κ3) is 1.73. The van der Waals surface area contributed by atoms with Gasteiger partial charge < -0.3 is 0 Å². The van der Waals surface area contributed by atoms with Crippen LogP contribution in [0, 0.1) is 0 Å². The fraction of sp³-hybridized carbons (Fsp3) is 0. The Morgan fingerprint density at radius 2 is 2.06 bits per heavy atom. The molecule has 0 fully saturated rings. The average molecular weight is 266 g/mol. The molecular weight excluding hydrogens is 261 g/mol. The summed E-state index contributed by atoms with van der Waals surface area (Å²) < 4.78 is 1.40. The zero-order chi connectivity index (χ0) is 11.8. The van der Waals surface area contributed by atoms with Crippen molar-refractivity contribution in [2.24, 2.45) is 0 Å². The molecule has 3 heterocycles. The van der Waals surface area contributed by atoms with Crippen molar-refractivity contribution in [2.45, 2.75) is 0 Å². The number of rotatable bonds is 1. The van der Waals surface area contributed by atoms with Gasteiger partial charge in [-0.05, 0) is 12.1 Å². The number of hydrogen-bond acceptors (Lipinski definition) is 4. The molecule has 0 radical (unpaired) electrons. The van der Waals surface area contributed by atoms with Crippen molar-refractivity contribution in [3.63, 3.8) is 0 Å². The molecule has 0 aliphatic heterocycles. The van der Waals surface area contributed by atoms with Crippen LogP contribution < -0.4 is 0 Å². The van der Waals surface area contributed by atoms with Gasteiger partial charge in [-0.25, -0.2) is 4.98 Å². The standard InChI is InChI=1S/C10H5Cl2N5/c11-7-5-14-10-15-9(16-17(10)8(7)12)6-2-1-3-13-4-6/h1-5H. The van der Waals surface area contributed by atoms with E-state index in [-0.39, 0.29) is 0 Å². The van der Waals surface area contributed by atoms with Crippen LogP contribution in [-0.4, -0.2) is 24.6 Å². The Bertz CT molecular complexity index is 680. The first-order valence-corrected chi connectivity index (χ1v) is 5.48. The summed E-state index contributed by atoms with van der Waals surface area (Å²) in [5.41, 5.74) is 0.796. The molecule has 0 saturated heterocycles. The molecule has 5 nitrogen and oxygen atoms in total. The van der Waals surface area contributed by atoms with E-state index in [4.69, 9.17) is 23.2 Å². The zero-order valence-electron chi connectivity index (χ0n) is 8.38. The van der Waals surface area contributed by atoms with E-state index in [9.17, 15) is 0 Å². The van der Waals surface area contributed by atoms with Crippen molar-refractivity contribution in [1.29, 1.82) is 0 Å². The van der Waals surface area contributed by atoms with Crippen LogP contribution in [0.4, 0.5) is 0 Å². The molecule has 3 aromatic rings. The molecule has 0 aromatic carbocycles. The first-order valence-electron chi connectivity index (χ1n) is 4.73. The highest BCUT2D eigenvalue weighted by Gasteiger charge is 2.11. The number of nitrogens with zero attached hydrogens (tertiary/aromatic N) is 5. The molecule has 0 amide bonds. The minimum absolute atomic E-state index is 0.291. The van der Waals surface area contributed by atoms with Crippen molar-refractivity contribution in [3.8, 4) is 11.4 Å². The van der Waals surface area contributed by atoms with E-state index in [1.165, 1.54) is 10.7 Å². The zero-order valence-corrected chi connectivity index (χ0v) is 9.89. The third-order valence-corrected chi connectivity index (χ3v) is 2.92. The second-order valence-corrected chi connectivity index (χ2v) is 4.05. The van der Waals surface area contributed by atoms with E-state index < -0.39 is 0 Å². The quantitative estimate of drug-likeness (QED) is 0.635. The maximum absolute atomic E-state index is 6.00. The van der Waals surface area contributed by atoms with Crippen molar-refractivity contribution >= 4 is 29.0 Å². The first kappa shape index (κ1) is 10.4. The van der Waals surface area contributed by atoms with Crippen LogP contribution in [0.25, 0.3) is 17.2 Å². The molecule has 0 aliphatic carbocycles. The summed E-state index contributed by atoms with van der Waals surface area (Å²) in [5, 5.41) is 4.86. The van der Waals surface area contributed by atoms with Gasteiger partial charge in [-0.2, -0.15) is 9.50 Å². The molecule has 3 aromatic heterocycles. The Kier molecular flexibility index (Phi) is 2.42. The lowest BCUT2D eigenvalue weighted by Crippen LogP contribution is -1.92. The molecule has 7 heteroatoms. The number of aromatic nitrogens is 5. The van der Waals surface area contributed by atoms with Gasteiger partial charge in [0.1, 0.15) is 0 Å². The summed E-state index contributed by atoms with van der Waals surface area (Å²) in [6.45, 7) is 0. The van der Waals surface area contributed by atoms with Crippen LogP contribution in [0.1, 0.15) is 0 Å². The van der Waals surface area contributed by atoms with Crippen molar-refractivity contribution in [2.75, 3.05) is 0 Å². The highest BCUT2D eigenvalue weighted by atomic mass is 35.5. The molecular formula is C10H5Cl2N5. The molecule has 17 heavy (non-hydrogen) atoms. The van der Waals surface area contributed by atoms with E-state index in [0.717, 1.165) is 5.56 Å². The molecule has 84 valence electrons. The van der Waals surface area contributed by atoms with Crippen LogP contribution in [0.15, 0.2) is 30.7 Å². The maximum atomic E-state index is 6.00. The summed E-state index contributed by atoms with van der Waals surface area (Å²) in [7, 11) is 0. The van der Waals surface area contributed by atoms with E-state index in [1.54, 1.807) is 12.4 Å². The Labute approximate surface area is 106 Å².